The van der Waals surface area contributed by atoms with Gasteiger partial charge in [-0.15, -0.1) is 11.3 Å². The summed E-state index contributed by atoms with van der Waals surface area (Å²) in [6.45, 7) is 0. The lowest BCUT2D eigenvalue weighted by Crippen LogP contribution is -2.10. The van der Waals surface area contributed by atoms with E-state index in [1.54, 1.807) is 0 Å². The van der Waals surface area contributed by atoms with Crippen molar-refractivity contribution in [1.82, 2.24) is 9.13 Å². The molecule has 53 heavy (non-hydrogen) atoms. The first-order valence-electron chi connectivity index (χ1n) is 17.8. The maximum absolute atomic E-state index is 14.2. The highest BCUT2D eigenvalue weighted by Crippen LogP contribution is 2.44. The summed E-state index contributed by atoms with van der Waals surface area (Å²) in [4.78, 5) is 2.38. The van der Waals surface area contributed by atoms with Gasteiger partial charge in [0, 0.05) is 70.2 Å². The van der Waals surface area contributed by atoms with Crippen molar-refractivity contribution in [2.75, 3.05) is 4.90 Å². The molecular formula is C48H30FN3S. The van der Waals surface area contributed by atoms with E-state index in [2.05, 4.69) is 172 Å². The summed E-state index contributed by atoms with van der Waals surface area (Å²) >= 11 is 1.83. The number of benzene rings is 8. The van der Waals surface area contributed by atoms with Crippen LogP contribution in [0.3, 0.4) is 0 Å². The van der Waals surface area contributed by atoms with E-state index in [1.165, 1.54) is 48.6 Å². The molecule has 0 aliphatic carbocycles. The zero-order chi connectivity index (χ0) is 35.0. The molecule has 0 bridgehead atoms. The lowest BCUT2D eigenvalue weighted by molar-refractivity contribution is 0.627. The van der Waals surface area contributed by atoms with E-state index in [1.807, 2.05) is 23.5 Å². The third-order valence-electron chi connectivity index (χ3n) is 10.5. The molecule has 0 spiro atoms. The molecule has 0 aliphatic heterocycles. The van der Waals surface area contributed by atoms with Gasteiger partial charge in [-0.3, -0.25) is 0 Å². The number of para-hydroxylation sites is 3. The Hall–Kier alpha value is -6.69. The summed E-state index contributed by atoms with van der Waals surface area (Å²) in [7, 11) is 0. The van der Waals surface area contributed by atoms with Crippen LogP contribution in [0.15, 0.2) is 182 Å². The van der Waals surface area contributed by atoms with Gasteiger partial charge in [-0.05, 0) is 97.1 Å². The van der Waals surface area contributed by atoms with Crippen molar-refractivity contribution in [1.29, 1.82) is 0 Å². The Morgan fingerprint density at radius 3 is 1.64 bits per heavy atom. The standard InChI is InChI=1S/C48H30FN3S/c49-31-18-20-33(21-19-31)52-43-15-7-4-12-37(43)39-25-22-35(29-46(39)52)50(36-23-26-41-40-14-6-9-17-47(40)53-48(41)30-36)34-24-27-45-42(28-34)38-13-5-8-16-44(38)51(45)32-10-2-1-3-11-32/h1-30H. The van der Waals surface area contributed by atoms with Crippen LogP contribution < -0.4 is 4.90 Å². The maximum atomic E-state index is 14.2. The second-order valence-corrected chi connectivity index (χ2v) is 14.6. The van der Waals surface area contributed by atoms with E-state index in [0.29, 0.717) is 0 Å². The van der Waals surface area contributed by atoms with Gasteiger partial charge in [0.05, 0.1) is 22.1 Å². The van der Waals surface area contributed by atoms with Crippen LogP contribution in [0.2, 0.25) is 0 Å². The minimum Gasteiger partial charge on any atom is -0.310 e. The fourth-order valence-electron chi connectivity index (χ4n) is 8.22. The average molecular weight is 700 g/mol. The van der Waals surface area contributed by atoms with Gasteiger partial charge in [0.15, 0.2) is 0 Å². The number of aromatic nitrogens is 2. The monoisotopic (exact) mass is 699 g/mol. The largest absolute Gasteiger partial charge is 0.310 e. The van der Waals surface area contributed by atoms with Crippen LogP contribution in [-0.4, -0.2) is 9.13 Å². The predicted octanol–water partition coefficient (Wildman–Crippen LogP) is 13.9. The molecule has 0 saturated carbocycles. The van der Waals surface area contributed by atoms with Crippen LogP contribution in [0.5, 0.6) is 0 Å². The predicted molar refractivity (Wildman–Crippen MR) is 223 cm³/mol. The summed E-state index contributed by atoms with van der Waals surface area (Å²) < 4.78 is 21.3. The Morgan fingerprint density at radius 1 is 0.358 bits per heavy atom. The van der Waals surface area contributed by atoms with Gasteiger partial charge in [-0.25, -0.2) is 4.39 Å². The molecular weight excluding hydrogens is 670 g/mol. The Morgan fingerprint density at radius 2 is 0.868 bits per heavy atom. The highest BCUT2D eigenvalue weighted by molar-refractivity contribution is 7.25. The summed E-state index contributed by atoms with van der Waals surface area (Å²) in [6.07, 6.45) is 0. The summed E-state index contributed by atoms with van der Waals surface area (Å²) in [6, 6.07) is 63.6. The van der Waals surface area contributed by atoms with E-state index < -0.39 is 0 Å². The van der Waals surface area contributed by atoms with Crippen molar-refractivity contribution >= 4 is 92.2 Å². The topological polar surface area (TPSA) is 13.1 Å². The lowest BCUT2D eigenvalue weighted by Gasteiger charge is -2.26. The minimum atomic E-state index is -0.248. The molecule has 5 heteroatoms. The van der Waals surface area contributed by atoms with Crippen LogP contribution in [-0.2, 0) is 0 Å². The zero-order valence-electron chi connectivity index (χ0n) is 28.4. The Labute approximate surface area is 308 Å². The third-order valence-corrected chi connectivity index (χ3v) is 11.7. The Balaban J connectivity index is 1.18. The van der Waals surface area contributed by atoms with E-state index in [0.717, 1.165) is 55.8 Å². The molecule has 8 aromatic carbocycles. The summed E-state index contributed by atoms with van der Waals surface area (Å²) in [5.74, 6) is -0.248. The van der Waals surface area contributed by atoms with Crippen molar-refractivity contribution in [3.8, 4) is 11.4 Å². The van der Waals surface area contributed by atoms with Crippen LogP contribution >= 0.6 is 11.3 Å². The van der Waals surface area contributed by atoms with Gasteiger partial charge in [0.2, 0.25) is 0 Å². The summed E-state index contributed by atoms with van der Waals surface area (Å²) in [5, 5.41) is 7.26. The molecule has 250 valence electrons. The quantitative estimate of drug-likeness (QED) is 0.174. The van der Waals surface area contributed by atoms with Gasteiger partial charge in [0.1, 0.15) is 5.82 Å². The van der Waals surface area contributed by atoms with E-state index in [-0.39, 0.29) is 5.82 Å². The normalized spacial score (nSPS) is 11.9. The molecule has 0 atom stereocenters. The van der Waals surface area contributed by atoms with Crippen molar-refractivity contribution < 1.29 is 4.39 Å². The molecule has 11 aromatic rings. The molecule has 0 fully saturated rings. The van der Waals surface area contributed by atoms with Gasteiger partial charge in [-0.2, -0.15) is 0 Å². The molecule has 3 heterocycles. The molecule has 0 amide bonds. The van der Waals surface area contributed by atoms with Gasteiger partial charge >= 0.3 is 0 Å². The number of rotatable bonds is 5. The first-order chi connectivity index (χ1) is 26.2. The fraction of sp³-hybridized carbons (Fsp3) is 0. The number of anilines is 3. The molecule has 3 aromatic heterocycles. The highest BCUT2D eigenvalue weighted by Gasteiger charge is 2.20. The smallest absolute Gasteiger partial charge is 0.123 e. The summed E-state index contributed by atoms with van der Waals surface area (Å²) in [5.41, 5.74) is 9.72. The SMILES string of the molecule is Fc1ccc(-n2c3ccccc3c3ccc(N(c4ccc5c(c4)sc4ccccc45)c4ccc5c(c4)c4ccccc4n5-c4ccccc4)cc32)cc1. The van der Waals surface area contributed by atoms with Crippen LogP contribution in [0.1, 0.15) is 0 Å². The van der Waals surface area contributed by atoms with Crippen LogP contribution in [0.25, 0.3) is 75.2 Å². The van der Waals surface area contributed by atoms with E-state index >= 15 is 0 Å². The van der Waals surface area contributed by atoms with Crippen LogP contribution in [0.4, 0.5) is 21.5 Å². The van der Waals surface area contributed by atoms with Crippen molar-refractivity contribution in [3.05, 3.63) is 188 Å². The third kappa shape index (κ3) is 4.64. The lowest BCUT2D eigenvalue weighted by atomic mass is 10.1. The van der Waals surface area contributed by atoms with Crippen LogP contribution in [0, 0.1) is 5.82 Å². The van der Waals surface area contributed by atoms with E-state index in [4.69, 9.17) is 0 Å². The molecule has 0 saturated heterocycles. The average Bonchev–Trinajstić information content (AvgIpc) is 3.86. The first-order valence-corrected chi connectivity index (χ1v) is 18.6. The number of hydrogen-bond acceptors (Lipinski definition) is 2. The van der Waals surface area contributed by atoms with Gasteiger partial charge in [-0.1, -0.05) is 84.9 Å². The number of fused-ring (bicyclic) bond motifs is 9. The fourth-order valence-corrected chi connectivity index (χ4v) is 9.36. The Kier molecular flexibility index (Phi) is 6.60. The number of halogens is 1. The molecule has 0 radical (unpaired) electrons. The zero-order valence-corrected chi connectivity index (χ0v) is 29.3. The minimum absolute atomic E-state index is 0.248. The number of hydrogen-bond donors (Lipinski definition) is 0. The van der Waals surface area contributed by atoms with Gasteiger partial charge < -0.3 is 14.0 Å². The number of nitrogens with zero attached hydrogens (tertiary/aromatic N) is 3. The second kappa shape index (κ2) is 11.7. The van der Waals surface area contributed by atoms with Gasteiger partial charge in [0.25, 0.3) is 0 Å². The number of thiophene rings is 1. The molecule has 0 aliphatic rings. The van der Waals surface area contributed by atoms with Crippen molar-refractivity contribution in [2.45, 2.75) is 0 Å². The second-order valence-electron chi connectivity index (χ2n) is 13.5. The Bertz CT molecular complexity index is 3190. The molecule has 3 nitrogen and oxygen atoms in total. The van der Waals surface area contributed by atoms with E-state index in [9.17, 15) is 4.39 Å². The maximum Gasteiger partial charge on any atom is 0.123 e. The first kappa shape index (κ1) is 30.0. The van der Waals surface area contributed by atoms with Crippen molar-refractivity contribution in [2.24, 2.45) is 0 Å². The van der Waals surface area contributed by atoms with Crippen molar-refractivity contribution in [3.63, 3.8) is 0 Å². The molecule has 11 rings (SSSR count). The molecule has 0 N–H and O–H groups in total. The highest BCUT2D eigenvalue weighted by atomic mass is 32.1. The molecule has 0 unspecified atom stereocenters.